The predicted octanol–water partition coefficient (Wildman–Crippen LogP) is 5.27. The topological polar surface area (TPSA) is 164 Å². The Balaban J connectivity index is 0.993. The highest BCUT2D eigenvalue weighted by Gasteiger charge is 2.37. The molecule has 1 unspecified atom stereocenters. The number of unbranched alkanes of at least 4 members (excludes halogenated alkanes) is 3. The van der Waals surface area contributed by atoms with Gasteiger partial charge in [-0.05, 0) is 98.1 Å². The van der Waals surface area contributed by atoms with Crippen LogP contribution in [0, 0.1) is 5.92 Å². The number of aromatic nitrogens is 1. The Morgan fingerprint density at radius 3 is 2.46 bits per heavy atom. The number of aryl methyl sites for hydroxylation is 1. The Bertz CT molecular complexity index is 1840. The number of carbonyl (C=O) groups is 2. The number of phenols is 1. The van der Waals surface area contributed by atoms with Crippen molar-refractivity contribution in [1.82, 2.24) is 20.5 Å². The number of nitrogens with zero attached hydrogens (tertiary/aromatic N) is 1. The average molecular weight is 683 g/mol. The first kappa shape index (κ1) is 35.1. The highest BCUT2D eigenvalue weighted by atomic mass is 16.6. The normalized spacial score (nSPS) is 19.6. The van der Waals surface area contributed by atoms with E-state index in [1.54, 1.807) is 18.2 Å². The van der Waals surface area contributed by atoms with Gasteiger partial charge in [0, 0.05) is 24.5 Å². The van der Waals surface area contributed by atoms with Crippen molar-refractivity contribution < 1.29 is 29.6 Å². The number of fused-ring (bicyclic) bond motifs is 4. The first-order chi connectivity index (χ1) is 24.3. The highest BCUT2D eigenvalue weighted by molar-refractivity contribution is 5.90. The zero-order valence-corrected chi connectivity index (χ0v) is 28.1. The molecule has 4 heterocycles. The summed E-state index contributed by atoms with van der Waals surface area (Å²) in [5, 5.41) is 37.9. The number of benzene rings is 3. The SMILES string of the molecule is O=C(NC(c1ccccc1)c1ccc(CCCCCCNC[C@H](O)c2ccc(O)c3[nH]c(=O)ccc23)c(C(=O)O)c1)O[C@H]1CN2CCC1CC2. The summed E-state index contributed by atoms with van der Waals surface area (Å²) in [6.45, 7) is 3.89. The number of aromatic amines is 1. The van der Waals surface area contributed by atoms with Gasteiger partial charge in [0.1, 0.15) is 11.9 Å². The lowest BCUT2D eigenvalue weighted by Gasteiger charge is -2.43. The smallest absolute Gasteiger partial charge is 0.408 e. The molecule has 0 spiro atoms. The number of H-pyrrole nitrogens is 1. The van der Waals surface area contributed by atoms with Gasteiger partial charge in [-0.1, -0.05) is 61.4 Å². The van der Waals surface area contributed by atoms with Gasteiger partial charge in [0.2, 0.25) is 5.56 Å². The second kappa shape index (κ2) is 16.3. The molecule has 264 valence electrons. The predicted molar refractivity (Wildman–Crippen MR) is 190 cm³/mol. The number of piperidine rings is 3. The molecule has 11 nitrogen and oxygen atoms in total. The van der Waals surface area contributed by atoms with Gasteiger partial charge in [0.15, 0.2) is 0 Å². The molecule has 11 heteroatoms. The molecule has 4 aromatic rings. The number of hydrogen-bond acceptors (Lipinski definition) is 8. The second-order valence-corrected chi connectivity index (χ2v) is 13.5. The van der Waals surface area contributed by atoms with E-state index < -0.39 is 24.2 Å². The number of aromatic hydroxyl groups is 1. The van der Waals surface area contributed by atoms with Gasteiger partial charge in [-0.2, -0.15) is 0 Å². The molecule has 3 aromatic carbocycles. The summed E-state index contributed by atoms with van der Waals surface area (Å²) in [7, 11) is 0. The van der Waals surface area contributed by atoms with Gasteiger partial charge in [-0.3, -0.25) is 9.69 Å². The molecule has 3 saturated heterocycles. The van der Waals surface area contributed by atoms with E-state index in [1.165, 1.54) is 12.1 Å². The van der Waals surface area contributed by atoms with Crippen molar-refractivity contribution in [1.29, 1.82) is 0 Å². The minimum atomic E-state index is -1.00. The van der Waals surface area contributed by atoms with Crippen molar-refractivity contribution >= 4 is 23.0 Å². The number of aliphatic hydroxyl groups is 1. The lowest BCUT2D eigenvalue weighted by Crippen LogP contribution is -2.52. The third-order valence-electron chi connectivity index (χ3n) is 10.1. The van der Waals surface area contributed by atoms with Gasteiger partial charge in [-0.15, -0.1) is 0 Å². The van der Waals surface area contributed by atoms with Gasteiger partial charge >= 0.3 is 12.1 Å². The zero-order chi connectivity index (χ0) is 35.0. The van der Waals surface area contributed by atoms with Crippen molar-refractivity contribution in [3.8, 4) is 5.75 Å². The Labute approximate surface area is 291 Å². The molecule has 0 radical (unpaired) electrons. The number of carbonyl (C=O) groups excluding carboxylic acids is 1. The number of alkyl carbamates (subject to hydrolysis) is 1. The lowest BCUT2D eigenvalue weighted by molar-refractivity contribution is -0.0336. The summed E-state index contributed by atoms with van der Waals surface area (Å²) in [6.07, 6.45) is 4.83. The molecular weight excluding hydrogens is 636 g/mol. The van der Waals surface area contributed by atoms with Gasteiger partial charge in [-0.25, -0.2) is 9.59 Å². The molecule has 3 aliphatic heterocycles. The van der Waals surface area contributed by atoms with Crippen LogP contribution in [0.5, 0.6) is 5.75 Å². The van der Waals surface area contributed by atoms with Crippen LogP contribution in [0.3, 0.4) is 0 Å². The summed E-state index contributed by atoms with van der Waals surface area (Å²) < 4.78 is 5.91. The Morgan fingerprint density at radius 1 is 0.940 bits per heavy atom. The van der Waals surface area contributed by atoms with Gasteiger partial charge < -0.3 is 35.7 Å². The number of amides is 1. The monoisotopic (exact) mass is 682 g/mol. The van der Waals surface area contributed by atoms with E-state index in [-0.39, 0.29) is 23.0 Å². The minimum absolute atomic E-state index is 0.0435. The fraction of sp³-hybridized carbons (Fsp3) is 0.410. The number of hydrogen-bond donors (Lipinski definition) is 6. The number of aromatic carboxylic acids is 1. The van der Waals surface area contributed by atoms with Crippen LogP contribution in [0.4, 0.5) is 4.79 Å². The van der Waals surface area contributed by atoms with Crippen LogP contribution in [-0.2, 0) is 11.2 Å². The highest BCUT2D eigenvalue weighted by Crippen LogP contribution is 2.31. The van der Waals surface area contributed by atoms with Crippen LogP contribution in [-0.4, -0.2) is 76.1 Å². The number of pyridine rings is 1. The molecular formula is C39H46N4O7. The molecule has 7 rings (SSSR count). The van der Waals surface area contributed by atoms with E-state index in [2.05, 4.69) is 20.5 Å². The first-order valence-corrected chi connectivity index (χ1v) is 17.6. The number of phenolic OH excluding ortho intramolecular Hbond substituents is 1. The van der Waals surface area contributed by atoms with Crippen LogP contribution in [0.1, 0.15) is 83.3 Å². The van der Waals surface area contributed by atoms with Crippen LogP contribution in [0.25, 0.3) is 10.9 Å². The summed E-state index contributed by atoms with van der Waals surface area (Å²) >= 11 is 0. The van der Waals surface area contributed by atoms with Gasteiger partial charge in [0.05, 0.1) is 23.2 Å². The maximum atomic E-state index is 13.2. The molecule has 6 N–H and O–H groups in total. The van der Waals surface area contributed by atoms with E-state index in [0.717, 1.165) is 69.3 Å². The summed E-state index contributed by atoms with van der Waals surface area (Å²) in [5.41, 5.74) is 3.13. The summed E-state index contributed by atoms with van der Waals surface area (Å²) in [5.74, 6) is -0.660. The third kappa shape index (κ3) is 8.53. The van der Waals surface area contributed by atoms with E-state index in [9.17, 15) is 29.7 Å². The van der Waals surface area contributed by atoms with Crippen LogP contribution >= 0.6 is 0 Å². The fourth-order valence-corrected chi connectivity index (χ4v) is 7.35. The van der Waals surface area contributed by atoms with Crippen molar-refractivity contribution in [2.45, 2.75) is 63.2 Å². The number of ether oxygens (including phenoxy) is 1. The number of nitrogens with one attached hydrogen (secondary N) is 3. The van der Waals surface area contributed by atoms with Gasteiger partial charge in [0.25, 0.3) is 0 Å². The lowest BCUT2D eigenvalue weighted by atomic mass is 9.86. The number of carboxylic acids is 1. The van der Waals surface area contributed by atoms with Crippen molar-refractivity contribution in [3.05, 3.63) is 111 Å². The van der Waals surface area contributed by atoms with E-state index >= 15 is 0 Å². The molecule has 50 heavy (non-hydrogen) atoms. The Morgan fingerprint density at radius 2 is 1.72 bits per heavy atom. The van der Waals surface area contributed by atoms with E-state index in [4.69, 9.17) is 4.74 Å². The fourth-order valence-electron chi connectivity index (χ4n) is 7.35. The number of rotatable bonds is 15. The molecule has 2 bridgehead atoms. The van der Waals surface area contributed by atoms with Crippen LogP contribution in [0.15, 0.2) is 77.6 Å². The van der Waals surface area contributed by atoms with Crippen molar-refractivity contribution in [2.75, 3.05) is 32.7 Å². The summed E-state index contributed by atoms with van der Waals surface area (Å²) in [4.78, 5) is 42.2. The van der Waals surface area contributed by atoms with Crippen molar-refractivity contribution in [2.24, 2.45) is 5.92 Å². The second-order valence-electron chi connectivity index (χ2n) is 13.5. The molecule has 0 aliphatic carbocycles. The maximum Gasteiger partial charge on any atom is 0.408 e. The van der Waals surface area contributed by atoms with Crippen LogP contribution in [0.2, 0.25) is 0 Å². The largest absolute Gasteiger partial charge is 0.506 e. The molecule has 0 saturated carbocycles. The molecule has 3 aliphatic rings. The zero-order valence-electron chi connectivity index (χ0n) is 28.1. The number of aliphatic hydroxyl groups excluding tert-OH is 1. The average Bonchev–Trinajstić information content (AvgIpc) is 3.13. The molecule has 1 aromatic heterocycles. The quantitative estimate of drug-likeness (QED) is 0.0917. The van der Waals surface area contributed by atoms with Crippen LogP contribution < -0.4 is 16.2 Å². The number of carboxylic acid groups (broad SMARTS) is 1. The Kier molecular flexibility index (Phi) is 11.5. The van der Waals surface area contributed by atoms with Crippen molar-refractivity contribution in [3.63, 3.8) is 0 Å². The Hall–Kier alpha value is -4.71. The molecule has 3 fully saturated rings. The first-order valence-electron chi connectivity index (χ1n) is 17.6. The molecule has 1 amide bonds. The minimum Gasteiger partial charge on any atom is -0.506 e. The third-order valence-corrected chi connectivity index (χ3v) is 10.1. The molecule has 3 atom stereocenters. The standard InChI is InChI=1S/C39H46N4O7/c44-32-15-13-29(30-14-16-35(46)41-37(30)32)33(45)23-40-19-7-2-1-4-8-25-11-12-28(22-31(25)38(47)48)36(27-9-5-3-6-10-27)42-39(49)50-34-24-43-20-17-26(34)18-21-43/h3,5-6,9-16,22,26,33-34,36,40,44-45H,1-2,4,7-8,17-21,23-24H2,(H,41,46)(H,42,49)(H,47,48)/t33-,34-,36?/m0/s1. The van der Waals surface area contributed by atoms with E-state index in [0.29, 0.717) is 47.5 Å². The maximum absolute atomic E-state index is 13.2. The summed E-state index contributed by atoms with van der Waals surface area (Å²) in [6, 6.07) is 20.5. The van der Waals surface area contributed by atoms with E-state index in [1.807, 2.05) is 42.5 Å².